The van der Waals surface area contributed by atoms with E-state index < -0.39 is 11.9 Å². The van der Waals surface area contributed by atoms with Crippen LogP contribution in [0.3, 0.4) is 0 Å². The molecular weight excluding hydrogens is 614 g/mol. The van der Waals surface area contributed by atoms with Crippen LogP contribution in [-0.4, -0.2) is 53.4 Å². The van der Waals surface area contributed by atoms with Gasteiger partial charge in [-0.15, -0.1) is 0 Å². The molecule has 4 atom stereocenters. The minimum Gasteiger partial charge on any atom is -0.392 e. The number of anilines is 1. The van der Waals surface area contributed by atoms with Crippen LogP contribution in [0, 0.1) is 0 Å². The second-order valence-electron chi connectivity index (χ2n) is 12.3. The highest BCUT2D eigenvalue weighted by Crippen LogP contribution is 2.47. The zero-order valence-electron chi connectivity index (χ0n) is 26.5. The van der Waals surface area contributed by atoms with Crippen molar-refractivity contribution in [2.75, 3.05) is 31.5 Å². The maximum absolute atomic E-state index is 12.3. The van der Waals surface area contributed by atoms with Gasteiger partial charge in [0.1, 0.15) is 0 Å². The van der Waals surface area contributed by atoms with Crippen molar-refractivity contribution in [1.29, 1.82) is 0 Å². The van der Waals surface area contributed by atoms with Crippen LogP contribution in [0.5, 0.6) is 0 Å². The molecule has 0 spiro atoms. The largest absolute Gasteiger partial charge is 0.392 e. The molecule has 2 aliphatic rings. The highest BCUT2D eigenvalue weighted by Gasteiger charge is 2.44. The van der Waals surface area contributed by atoms with Crippen LogP contribution in [0.15, 0.2) is 103 Å². The zero-order valence-corrected chi connectivity index (χ0v) is 27.3. The second kappa shape index (κ2) is 15.0. The Kier molecular flexibility index (Phi) is 10.6. The van der Waals surface area contributed by atoms with Gasteiger partial charge >= 0.3 is 6.03 Å². The third kappa shape index (κ3) is 7.87. The molecule has 0 radical (unpaired) electrons. The molecule has 4 aromatic rings. The van der Waals surface area contributed by atoms with E-state index >= 15 is 0 Å². The van der Waals surface area contributed by atoms with E-state index in [2.05, 4.69) is 27.7 Å². The molecule has 2 amide bonds. The summed E-state index contributed by atoms with van der Waals surface area (Å²) in [5, 5.41) is 27.6. The first kappa shape index (κ1) is 33.2. The second-order valence-corrected chi connectivity index (χ2v) is 12.8. The summed E-state index contributed by atoms with van der Waals surface area (Å²) in [5.74, 6) is -0.138. The number of rotatable bonds is 9. The number of nitrogens with zero attached hydrogens (tertiary/aromatic N) is 1. The van der Waals surface area contributed by atoms with E-state index in [1.165, 1.54) is 0 Å². The number of amides is 2. The monoisotopic (exact) mass is 655 g/mol. The van der Waals surface area contributed by atoms with Crippen molar-refractivity contribution in [3.63, 3.8) is 0 Å². The molecule has 4 N–H and O–H groups in total. The van der Waals surface area contributed by atoms with E-state index in [0.29, 0.717) is 49.7 Å². The molecule has 4 aromatic carbocycles. The van der Waals surface area contributed by atoms with E-state index in [0.717, 1.165) is 27.8 Å². The van der Waals surface area contributed by atoms with Gasteiger partial charge in [-0.1, -0.05) is 90.5 Å². The number of likely N-dealkylation sites (tertiary alicyclic amines) is 1. The lowest BCUT2D eigenvalue weighted by Gasteiger charge is -2.46. The first-order chi connectivity index (χ1) is 22.8. The summed E-state index contributed by atoms with van der Waals surface area (Å²) in [6, 6.07) is 33.0. The molecular formula is C38H42ClN3O5. The van der Waals surface area contributed by atoms with E-state index in [1.807, 2.05) is 97.9 Å². The summed E-state index contributed by atoms with van der Waals surface area (Å²) >= 11 is 6.12. The van der Waals surface area contributed by atoms with Crippen molar-refractivity contribution in [1.82, 2.24) is 10.2 Å². The van der Waals surface area contributed by atoms with Crippen molar-refractivity contribution < 1.29 is 24.5 Å². The normalized spacial score (nSPS) is 22.8. The fourth-order valence-corrected chi connectivity index (χ4v) is 6.80. The Labute approximate surface area is 281 Å². The molecule has 2 saturated heterocycles. The number of carbonyl (C=O) groups is 1. The summed E-state index contributed by atoms with van der Waals surface area (Å²) in [4.78, 5) is 14.6. The number of urea groups is 1. The number of halogens is 1. The molecule has 4 unspecified atom stereocenters. The highest BCUT2D eigenvalue weighted by atomic mass is 35.5. The van der Waals surface area contributed by atoms with Gasteiger partial charge in [0.05, 0.1) is 24.4 Å². The Bertz CT molecular complexity index is 1610. The quantitative estimate of drug-likeness (QED) is 0.157. The first-order valence-electron chi connectivity index (χ1n) is 16.3. The smallest absolute Gasteiger partial charge is 0.319 e. The first-order valence-corrected chi connectivity index (χ1v) is 16.6. The maximum Gasteiger partial charge on any atom is 0.319 e. The third-order valence-corrected chi connectivity index (χ3v) is 9.48. The van der Waals surface area contributed by atoms with Crippen molar-refractivity contribution in [3.8, 4) is 0 Å². The molecule has 2 heterocycles. The topological polar surface area (TPSA) is 103 Å². The Hall–Kier alpha value is -3.76. The lowest BCUT2D eigenvalue weighted by Crippen LogP contribution is -2.49. The Balaban J connectivity index is 1.31. The fourth-order valence-electron chi connectivity index (χ4n) is 6.67. The zero-order chi connectivity index (χ0) is 32.8. The van der Waals surface area contributed by atoms with Gasteiger partial charge in [0.15, 0.2) is 6.29 Å². The maximum atomic E-state index is 12.3. The van der Waals surface area contributed by atoms with Crippen molar-refractivity contribution in [3.05, 3.63) is 136 Å². The molecule has 0 aliphatic carbocycles. The van der Waals surface area contributed by atoms with Crippen molar-refractivity contribution in [2.45, 2.75) is 56.4 Å². The number of aliphatic hydroxyl groups excluding tert-OH is 1. The van der Waals surface area contributed by atoms with Crippen LogP contribution in [0.25, 0.3) is 0 Å². The summed E-state index contributed by atoms with van der Waals surface area (Å²) in [7, 11) is 0. The molecule has 6 rings (SSSR count). The van der Waals surface area contributed by atoms with Gasteiger partial charge in [0, 0.05) is 48.4 Å². The van der Waals surface area contributed by atoms with E-state index in [-0.39, 0.29) is 30.8 Å². The lowest BCUT2D eigenvalue weighted by atomic mass is 9.81. The average molecular weight is 656 g/mol. The number of hydrogen-bond donors (Lipinski definition) is 4. The van der Waals surface area contributed by atoms with E-state index in [1.54, 1.807) is 0 Å². The number of carbonyl (C=O) groups excluding carboxylic acids is 1. The Morgan fingerprint density at radius 1 is 0.894 bits per heavy atom. The van der Waals surface area contributed by atoms with Crippen molar-refractivity contribution in [2.24, 2.45) is 0 Å². The molecule has 0 aromatic heterocycles. The Morgan fingerprint density at radius 2 is 1.60 bits per heavy atom. The van der Waals surface area contributed by atoms with Crippen LogP contribution in [0.4, 0.5) is 10.5 Å². The SMILES string of the molecule is CCNC(=O)Nc1cccc(C2OC(CN3CCC(O)(c4ccc(Cl)cc4)CC3)C(c3ccccc3)C(c3ccc(CO)cc3)O2)c1. The van der Waals surface area contributed by atoms with Crippen LogP contribution in [0.2, 0.25) is 5.02 Å². The van der Waals surface area contributed by atoms with E-state index in [4.69, 9.17) is 21.1 Å². The predicted octanol–water partition coefficient (Wildman–Crippen LogP) is 6.90. The van der Waals surface area contributed by atoms with Crippen LogP contribution in [0.1, 0.15) is 65.9 Å². The van der Waals surface area contributed by atoms with Gasteiger partial charge in [-0.3, -0.25) is 0 Å². The van der Waals surface area contributed by atoms with Gasteiger partial charge in [0.25, 0.3) is 0 Å². The molecule has 2 aliphatic heterocycles. The summed E-state index contributed by atoms with van der Waals surface area (Å²) in [5.41, 5.74) is 4.34. The molecule has 0 bridgehead atoms. The number of nitrogens with one attached hydrogen (secondary N) is 2. The summed E-state index contributed by atoms with van der Waals surface area (Å²) < 4.78 is 13.7. The minimum absolute atomic E-state index is 0.0367. The molecule has 246 valence electrons. The number of piperidine rings is 1. The van der Waals surface area contributed by atoms with Crippen LogP contribution < -0.4 is 10.6 Å². The van der Waals surface area contributed by atoms with E-state index in [9.17, 15) is 15.0 Å². The standard InChI is InChI=1S/C38H42ClN3O5/c1-2-40-37(44)41-32-10-6-9-29(23-32)36-46-33(24-42-21-19-38(45,20-22-42)30-15-17-31(39)18-16-30)34(27-7-4-3-5-8-27)35(47-36)28-13-11-26(25-43)12-14-28/h3-18,23,33-36,43,45H,2,19-22,24-25H2,1H3,(H2,40,41,44). The minimum atomic E-state index is -0.909. The third-order valence-electron chi connectivity index (χ3n) is 9.23. The van der Waals surface area contributed by atoms with Gasteiger partial charge < -0.3 is 35.2 Å². The molecule has 9 heteroatoms. The number of hydrogen-bond acceptors (Lipinski definition) is 6. The summed E-state index contributed by atoms with van der Waals surface area (Å²) in [6.07, 6.45) is -0.132. The predicted molar refractivity (Wildman–Crippen MR) is 183 cm³/mol. The van der Waals surface area contributed by atoms with Crippen LogP contribution >= 0.6 is 11.6 Å². The van der Waals surface area contributed by atoms with Crippen molar-refractivity contribution >= 4 is 23.3 Å². The highest BCUT2D eigenvalue weighted by molar-refractivity contribution is 6.30. The number of aliphatic hydroxyl groups is 2. The molecule has 8 nitrogen and oxygen atoms in total. The van der Waals surface area contributed by atoms with Gasteiger partial charge in [0.2, 0.25) is 0 Å². The Morgan fingerprint density at radius 3 is 2.28 bits per heavy atom. The number of ether oxygens (including phenoxy) is 2. The number of benzene rings is 4. The van der Waals surface area contributed by atoms with Gasteiger partial charge in [-0.25, -0.2) is 4.79 Å². The van der Waals surface area contributed by atoms with Gasteiger partial charge in [-0.05, 0) is 66.3 Å². The van der Waals surface area contributed by atoms with Gasteiger partial charge in [-0.2, -0.15) is 0 Å². The molecule has 2 fully saturated rings. The van der Waals surface area contributed by atoms with Crippen LogP contribution in [-0.2, 0) is 21.7 Å². The summed E-state index contributed by atoms with van der Waals surface area (Å²) in [6.45, 7) is 4.40. The lowest BCUT2D eigenvalue weighted by molar-refractivity contribution is -0.264. The fraction of sp³-hybridized carbons (Fsp3) is 0.342. The molecule has 47 heavy (non-hydrogen) atoms. The average Bonchev–Trinajstić information content (AvgIpc) is 3.10. The molecule has 0 saturated carbocycles.